The molecule has 0 fully saturated rings. The molecule has 0 unspecified atom stereocenters. The largest absolute Gasteiger partial charge is 0.478 e. The van der Waals surface area contributed by atoms with Crippen molar-refractivity contribution in [1.29, 1.82) is 0 Å². The van der Waals surface area contributed by atoms with Crippen LogP contribution in [0.4, 0.5) is 0 Å². The number of carbonyl (C=O) groups is 2. The fraction of sp³-hybridized carbons (Fsp3) is 0.529. The maximum atomic E-state index is 12.0. The predicted molar refractivity (Wildman–Crippen MR) is 82.9 cm³/mol. The van der Waals surface area contributed by atoms with Gasteiger partial charge in [-0.2, -0.15) is 0 Å². The second-order valence-corrected chi connectivity index (χ2v) is 6.33. The molecule has 0 spiro atoms. The van der Waals surface area contributed by atoms with Gasteiger partial charge in [-0.3, -0.25) is 4.79 Å². The van der Waals surface area contributed by atoms with E-state index in [1.54, 1.807) is 39.8 Å². The van der Waals surface area contributed by atoms with Crippen LogP contribution in [-0.2, 0) is 14.3 Å². The lowest BCUT2D eigenvalue weighted by Gasteiger charge is -2.30. The Morgan fingerprint density at radius 3 is 2.09 bits per heavy atom. The van der Waals surface area contributed by atoms with E-state index in [0.29, 0.717) is 5.75 Å². The first-order valence-electron chi connectivity index (χ1n) is 7.29. The predicted octanol–water partition coefficient (Wildman–Crippen LogP) is 3.34. The SMILES string of the molecule is CC[C@](CC(=O)OC(C)(C)C)(Oc1ccc(C)cc1)C(=O)O. The van der Waals surface area contributed by atoms with Crippen LogP contribution in [0.2, 0.25) is 0 Å². The van der Waals surface area contributed by atoms with E-state index >= 15 is 0 Å². The molecular formula is C17H24O5. The van der Waals surface area contributed by atoms with Gasteiger partial charge in [-0.05, 0) is 46.2 Å². The first-order valence-corrected chi connectivity index (χ1v) is 7.29. The van der Waals surface area contributed by atoms with Crippen LogP contribution in [0.15, 0.2) is 24.3 Å². The highest BCUT2D eigenvalue weighted by Gasteiger charge is 2.43. The molecule has 1 N–H and O–H groups in total. The van der Waals surface area contributed by atoms with Crippen molar-refractivity contribution in [3.8, 4) is 5.75 Å². The van der Waals surface area contributed by atoms with Gasteiger partial charge in [-0.1, -0.05) is 24.6 Å². The van der Waals surface area contributed by atoms with Gasteiger partial charge in [0, 0.05) is 0 Å². The molecule has 0 amide bonds. The summed E-state index contributed by atoms with van der Waals surface area (Å²) in [6.07, 6.45) is -0.195. The van der Waals surface area contributed by atoms with Crippen molar-refractivity contribution in [2.45, 2.75) is 58.7 Å². The van der Waals surface area contributed by atoms with Crippen LogP contribution in [0.1, 0.15) is 46.1 Å². The lowest BCUT2D eigenvalue weighted by Crippen LogP contribution is -2.47. The van der Waals surface area contributed by atoms with Crippen LogP contribution in [0.5, 0.6) is 5.75 Å². The summed E-state index contributed by atoms with van der Waals surface area (Å²) >= 11 is 0. The van der Waals surface area contributed by atoms with Crippen LogP contribution in [0.25, 0.3) is 0 Å². The Bertz CT molecular complexity index is 527. The van der Waals surface area contributed by atoms with Gasteiger partial charge in [0.15, 0.2) is 0 Å². The van der Waals surface area contributed by atoms with Crippen molar-refractivity contribution in [2.75, 3.05) is 0 Å². The third kappa shape index (κ3) is 5.06. The zero-order valence-corrected chi connectivity index (χ0v) is 13.8. The number of ether oxygens (including phenoxy) is 2. The van der Waals surface area contributed by atoms with Crippen LogP contribution in [0, 0.1) is 6.92 Å². The normalized spacial score (nSPS) is 14.0. The molecule has 1 aromatic rings. The van der Waals surface area contributed by atoms with E-state index in [0.717, 1.165) is 5.56 Å². The summed E-state index contributed by atoms with van der Waals surface area (Å²) in [4.78, 5) is 23.7. The average molecular weight is 308 g/mol. The van der Waals surface area contributed by atoms with Gasteiger partial charge in [-0.25, -0.2) is 4.79 Å². The Morgan fingerprint density at radius 2 is 1.68 bits per heavy atom. The number of hydrogen-bond donors (Lipinski definition) is 1. The van der Waals surface area contributed by atoms with Gasteiger partial charge in [0.1, 0.15) is 11.4 Å². The van der Waals surface area contributed by atoms with Crippen LogP contribution in [0.3, 0.4) is 0 Å². The second-order valence-electron chi connectivity index (χ2n) is 6.33. The van der Waals surface area contributed by atoms with Crippen LogP contribution < -0.4 is 4.74 Å². The summed E-state index contributed by atoms with van der Waals surface area (Å²) in [5, 5.41) is 9.55. The summed E-state index contributed by atoms with van der Waals surface area (Å²) in [5.41, 5.74) is -1.26. The van der Waals surface area contributed by atoms with Gasteiger partial charge in [0.25, 0.3) is 0 Å². The van der Waals surface area contributed by atoms with Gasteiger partial charge < -0.3 is 14.6 Å². The monoisotopic (exact) mass is 308 g/mol. The Kier molecular flexibility index (Phi) is 5.58. The molecule has 0 heterocycles. The summed E-state index contributed by atoms with van der Waals surface area (Å²) in [7, 11) is 0. The van der Waals surface area contributed by atoms with E-state index in [4.69, 9.17) is 9.47 Å². The molecule has 22 heavy (non-hydrogen) atoms. The number of aliphatic carboxylic acids is 1. The van der Waals surface area contributed by atoms with E-state index < -0.39 is 23.1 Å². The summed E-state index contributed by atoms with van der Waals surface area (Å²) in [5.74, 6) is -1.36. The number of carboxylic acids is 1. The van der Waals surface area contributed by atoms with E-state index in [-0.39, 0.29) is 12.8 Å². The Morgan fingerprint density at radius 1 is 1.14 bits per heavy atom. The lowest BCUT2D eigenvalue weighted by atomic mass is 9.96. The van der Waals surface area contributed by atoms with Gasteiger partial charge in [0.2, 0.25) is 5.60 Å². The van der Waals surface area contributed by atoms with Crippen molar-refractivity contribution in [3.63, 3.8) is 0 Å². The van der Waals surface area contributed by atoms with E-state index in [9.17, 15) is 14.7 Å². The molecule has 1 rings (SSSR count). The van der Waals surface area contributed by atoms with Crippen LogP contribution >= 0.6 is 0 Å². The minimum absolute atomic E-state index is 0.148. The molecule has 0 radical (unpaired) electrons. The smallest absolute Gasteiger partial charge is 0.348 e. The fourth-order valence-corrected chi connectivity index (χ4v) is 1.95. The summed E-state index contributed by atoms with van der Waals surface area (Å²) in [6, 6.07) is 7.03. The number of esters is 1. The Balaban J connectivity index is 2.97. The van der Waals surface area contributed by atoms with E-state index in [1.807, 2.05) is 19.1 Å². The molecule has 122 valence electrons. The Labute approximate surface area is 131 Å². The summed E-state index contributed by atoms with van der Waals surface area (Å²) < 4.78 is 10.9. The minimum atomic E-state index is -1.63. The molecule has 5 nitrogen and oxygen atoms in total. The Hall–Kier alpha value is -2.04. The number of carboxylic acid groups (broad SMARTS) is 1. The standard InChI is InChI=1S/C17H24O5/c1-6-17(15(19)20,11-14(18)22-16(3,4)5)21-13-9-7-12(2)8-10-13/h7-10H,6,11H2,1-5H3,(H,19,20)/t17-/m1/s1. The van der Waals surface area contributed by atoms with Gasteiger partial charge in [0.05, 0.1) is 6.42 Å². The molecule has 0 aliphatic carbocycles. The molecule has 0 bridgehead atoms. The zero-order valence-electron chi connectivity index (χ0n) is 13.8. The highest BCUT2D eigenvalue weighted by molar-refractivity contribution is 5.85. The zero-order chi connectivity index (χ0) is 17.0. The van der Waals surface area contributed by atoms with E-state index in [2.05, 4.69) is 0 Å². The molecule has 0 saturated heterocycles. The number of carbonyl (C=O) groups excluding carboxylic acids is 1. The molecule has 5 heteroatoms. The number of rotatable bonds is 6. The molecule has 0 saturated carbocycles. The first-order chi connectivity index (χ1) is 10.1. The number of benzene rings is 1. The van der Waals surface area contributed by atoms with Crippen molar-refractivity contribution >= 4 is 11.9 Å². The third-order valence-corrected chi connectivity index (χ3v) is 3.14. The van der Waals surface area contributed by atoms with Crippen molar-refractivity contribution < 1.29 is 24.2 Å². The number of hydrogen-bond acceptors (Lipinski definition) is 4. The highest BCUT2D eigenvalue weighted by atomic mass is 16.6. The molecule has 0 aromatic heterocycles. The first kappa shape index (κ1) is 18.0. The van der Waals surface area contributed by atoms with Gasteiger partial charge >= 0.3 is 11.9 Å². The molecule has 0 aliphatic rings. The lowest BCUT2D eigenvalue weighted by molar-refractivity contribution is -0.170. The maximum Gasteiger partial charge on any atom is 0.348 e. The topological polar surface area (TPSA) is 72.8 Å². The van der Waals surface area contributed by atoms with Crippen molar-refractivity contribution in [3.05, 3.63) is 29.8 Å². The van der Waals surface area contributed by atoms with Gasteiger partial charge in [-0.15, -0.1) is 0 Å². The fourth-order valence-electron chi connectivity index (χ4n) is 1.95. The maximum absolute atomic E-state index is 12.0. The van der Waals surface area contributed by atoms with Crippen molar-refractivity contribution in [2.24, 2.45) is 0 Å². The van der Waals surface area contributed by atoms with Crippen molar-refractivity contribution in [1.82, 2.24) is 0 Å². The number of aryl methyl sites for hydroxylation is 1. The summed E-state index contributed by atoms with van der Waals surface area (Å²) in [6.45, 7) is 8.81. The third-order valence-electron chi connectivity index (χ3n) is 3.14. The highest BCUT2D eigenvalue weighted by Crippen LogP contribution is 2.27. The minimum Gasteiger partial charge on any atom is -0.478 e. The van der Waals surface area contributed by atoms with Crippen LogP contribution in [-0.4, -0.2) is 28.2 Å². The average Bonchev–Trinajstić information content (AvgIpc) is 2.38. The quantitative estimate of drug-likeness (QED) is 0.816. The van der Waals surface area contributed by atoms with E-state index in [1.165, 1.54) is 0 Å². The molecule has 1 aromatic carbocycles. The molecular weight excluding hydrogens is 284 g/mol. The molecule has 1 atom stereocenters. The second kappa shape index (κ2) is 6.81. The molecule has 0 aliphatic heterocycles.